The molecule has 0 radical (unpaired) electrons. The Labute approximate surface area is 113 Å². The number of amides is 1. The second-order valence-corrected chi connectivity index (χ2v) is 4.74. The Hall–Kier alpha value is -1.59. The van der Waals surface area contributed by atoms with Crippen molar-refractivity contribution in [2.45, 2.75) is 19.4 Å². The number of rotatable bonds is 5. The molecular weight excluding hydrogens is 244 g/mol. The number of aromatic hydroxyl groups is 1. The van der Waals surface area contributed by atoms with Gasteiger partial charge < -0.3 is 20.5 Å². The molecule has 19 heavy (non-hydrogen) atoms. The monoisotopic (exact) mass is 264 g/mol. The van der Waals surface area contributed by atoms with Gasteiger partial charge in [-0.25, -0.2) is 0 Å². The van der Waals surface area contributed by atoms with E-state index in [1.54, 1.807) is 18.2 Å². The van der Waals surface area contributed by atoms with Crippen LogP contribution in [0.1, 0.15) is 13.3 Å². The first-order valence-electron chi connectivity index (χ1n) is 6.61. The molecule has 1 aromatic carbocycles. The van der Waals surface area contributed by atoms with Gasteiger partial charge in [-0.05, 0) is 25.1 Å². The summed E-state index contributed by atoms with van der Waals surface area (Å²) in [6, 6.07) is 6.62. The molecule has 1 saturated heterocycles. The van der Waals surface area contributed by atoms with Crippen LogP contribution in [0.15, 0.2) is 24.3 Å². The minimum absolute atomic E-state index is 0.0669. The van der Waals surface area contributed by atoms with Crippen molar-refractivity contribution in [2.24, 2.45) is 5.92 Å². The molecule has 2 rings (SSSR count). The van der Waals surface area contributed by atoms with E-state index >= 15 is 0 Å². The lowest BCUT2D eigenvalue weighted by Crippen LogP contribution is -2.41. The molecule has 0 aliphatic carbocycles. The highest BCUT2D eigenvalue weighted by Crippen LogP contribution is 2.19. The van der Waals surface area contributed by atoms with Gasteiger partial charge in [-0.3, -0.25) is 4.79 Å². The van der Waals surface area contributed by atoms with Gasteiger partial charge in [0.1, 0.15) is 5.75 Å². The van der Waals surface area contributed by atoms with Crippen LogP contribution in [-0.4, -0.2) is 36.8 Å². The van der Waals surface area contributed by atoms with Gasteiger partial charge in [0.2, 0.25) is 5.91 Å². The molecule has 1 aromatic rings. The van der Waals surface area contributed by atoms with Crippen molar-refractivity contribution in [1.82, 2.24) is 5.32 Å². The maximum atomic E-state index is 12.2. The van der Waals surface area contributed by atoms with Crippen molar-refractivity contribution in [3.05, 3.63) is 24.3 Å². The summed E-state index contributed by atoms with van der Waals surface area (Å²) in [6.45, 7) is 3.97. The molecule has 2 unspecified atom stereocenters. The van der Waals surface area contributed by atoms with Crippen molar-refractivity contribution < 1.29 is 14.6 Å². The van der Waals surface area contributed by atoms with Gasteiger partial charge in [0, 0.05) is 17.8 Å². The third kappa shape index (κ3) is 3.68. The van der Waals surface area contributed by atoms with Crippen molar-refractivity contribution in [2.75, 3.05) is 25.1 Å². The Balaban J connectivity index is 1.95. The highest BCUT2D eigenvalue weighted by Gasteiger charge is 2.33. The Morgan fingerprint density at radius 2 is 2.32 bits per heavy atom. The summed E-state index contributed by atoms with van der Waals surface area (Å²) in [5.74, 6) is -0.119. The number of ether oxygens (including phenoxy) is 1. The van der Waals surface area contributed by atoms with Gasteiger partial charge >= 0.3 is 0 Å². The normalized spacial score (nSPS) is 22.4. The first-order valence-corrected chi connectivity index (χ1v) is 6.61. The summed E-state index contributed by atoms with van der Waals surface area (Å²) in [4.78, 5) is 12.2. The first kappa shape index (κ1) is 13.8. The molecule has 1 heterocycles. The number of carbonyl (C=O) groups is 1. The van der Waals surface area contributed by atoms with Gasteiger partial charge in [0.25, 0.3) is 0 Å². The number of hydrogen-bond donors (Lipinski definition) is 3. The molecule has 1 aliphatic heterocycles. The zero-order chi connectivity index (χ0) is 13.7. The Morgan fingerprint density at radius 3 is 3.05 bits per heavy atom. The second-order valence-electron chi connectivity index (χ2n) is 4.74. The van der Waals surface area contributed by atoms with E-state index in [4.69, 9.17) is 4.74 Å². The van der Waals surface area contributed by atoms with E-state index in [0.717, 1.165) is 13.0 Å². The summed E-state index contributed by atoms with van der Waals surface area (Å²) >= 11 is 0. The van der Waals surface area contributed by atoms with E-state index in [1.165, 1.54) is 6.07 Å². The third-order valence-corrected chi connectivity index (χ3v) is 3.19. The zero-order valence-electron chi connectivity index (χ0n) is 11.1. The summed E-state index contributed by atoms with van der Waals surface area (Å²) in [5, 5.41) is 15.5. The summed E-state index contributed by atoms with van der Waals surface area (Å²) in [5.41, 5.74) is 0.603. The van der Waals surface area contributed by atoms with Crippen molar-refractivity contribution in [3.8, 4) is 5.75 Å². The van der Waals surface area contributed by atoms with E-state index in [1.807, 2.05) is 0 Å². The predicted molar refractivity (Wildman–Crippen MR) is 73.1 cm³/mol. The molecule has 0 bridgehead atoms. The molecule has 1 aliphatic rings. The molecule has 5 heteroatoms. The highest BCUT2D eigenvalue weighted by molar-refractivity contribution is 5.93. The van der Waals surface area contributed by atoms with E-state index in [2.05, 4.69) is 17.6 Å². The van der Waals surface area contributed by atoms with Gasteiger partial charge in [-0.2, -0.15) is 0 Å². The number of anilines is 1. The number of phenols is 1. The van der Waals surface area contributed by atoms with E-state index in [-0.39, 0.29) is 23.6 Å². The lowest BCUT2D eigenvalue weighted by Gasteiger charge is -2.18. The molecule has 5 nitrogen and oxygen atoms in total. The van der Waals surface area contributed by atoms with Crippen LogP contribution in [0.4, 0.5) is 5.69 Å². The van der Waals surface area contributed by atoms with E-state index in [0.29, 0.717) is 18.9 Å². The fourth-order valence-electron chi connectivity index (χ4n) is 2.16. The van der Waals surface area contributed by atoms with Crippen LogP contribution in [0.5, 0.6) is 5.75 Å². The quantitative estimate of drug-likeness (QED) is 0.750. The fraction of sp³-hybridized carbons (Fsp3) is 0.500. The van der Waals surface area contributed by atoms with Gasteiger partial charge in [0.15, 0.2) is 0 Å². The van der Waals surface area contributed by atoms with Gasteiger partial charge in [-0.15, -0.1) is 0 Å². The third-order valence-electron chi connectivity index (χ3n) is 3.19. The molecule has 1 fully saturated rings. The largest absolute Gasteiger partial charge is 0.508 e. The maximum absolute atomic E-state index is 12.2. The molecule has 0 spiro atoms. The number of benzene rings is 1. The van der Waals surface area contributed by atoms with Crippen molar-refractivity contribution in [3.63, 3.8) is 0 Å². The van der Waals surface area contributed by atoms with E-state index < -0.39 is 0 Å². The highest BCUT2D eigenvalue weighted by atomic mass is 16.5. The standard InChI is InChI=1S/C14H20N2O3/c1-2-6-15-13-9-19-8-12(13)14(18)16-10-4-3-5-11(17)7-10/h3-5,7,12-13,15,17H,2,6,8-9H2,1H3,(H,16,18). The van der Waals surface area contributed by atoms with Crippen molar-refractivity contribution in [1.29, 1.82) is 0 Å². The fourth-order valence-corrected chi connectivity index (χ4v) is 2.16. The smallest absolute Gasteiger partial charge is 0.231 e. The summed E-state index contributed by atoms with van der Waals surface area (Å²) < 4.78 is 5.38. The Kier molecular flexibility index (Phi) is 4.76. The minimum atomic E-state index is -0.186. The SMILES string of the molecule is CCCNC1COCC1C(=O)Nc1cccc(O)c1. The lowest BCUT2D eigenvalue weighted by atomic mass is 10.0. The Morgan fingerprint density at radius 1 is 1.47 bits per heavy atom. The molecule has 104 valence electrons. The van der Waals surface area contributed by atoms with Crippen LogP contribution in [0, 0.1) is 5.92 Å². The minimum Gasteiger partial charge on any atom is -0.508 e. The van der Waals surface area contributed by atoms with Crippen LogP contribution in [0.2, 0.25) is 0 Å². The molecule has 1 amide bonds. The first-order chi connectivity index (χ1) is 9.20. The number of hydrogen-bond acceptors (Lipinski definition) is 4. The number of carbonyl (C=O) groups excluding carboxylic acids is 1. The summed E-state index contributed by atoms with van der Waals surface area (Å²) in [7, 11) is 0. The molecule has 2 atom stereocenters. The van der Waals surface area contributed by atoms with E-state index in [9.17, 15) is 9.90 Å². The zero-order valence-corrected chi connectivity index (χ0v) is 11.1. The molecule has 0 aromatic heterocycles. The Bertz CT molecular complexity index is 436. The van der Waals surface area contributed by atoms with Gasteiger partial charge in [0.05, 0.1) is 19.1 Å². The molecule has 3 N–H and O–H groups in total. The number of nitrogens with one attached hydrogen (secondary N) is 2. The lowest BCUT2D eigenvalue weighted by molar-refractivity contribution is -0.120. The predicted octanol–water partition coefficient (Wildman–Crippen LogP) is 1.35. The topological polar surface area (TPSA) is 70.6 Å². The van der Waals surface area contributed by atoms with Crippen LogP contribution in [0.25, 0.3) is 0 Å². The molecule has 0 saturated carbocycles. The van der Waals surface area contributed by atoms with Crippen LogP contribution in [0.3, 0.4) is 0 Å². The summed E-state index contributed by atoms with van der Waals surface area (Å²) in [6.07, 6.45) is 1.03. The average Bonchev–Trinajstić information content (AvgIpc) is 2.84. The van der Waals surface area contributed by atoms with Crippen LogP contribution >= 0.6 is 0 Å². The second kappa shape index (κ2) is 6.54. The van der Waals surface area contributed by atoms with Crippen LogP contribution in [-0.2, 0) is 9.53 Å². The maximum Gasteiger partial charge on any atom is 0.231 e. The van der Waals surface area contributed by atoms with Crippen molar-refractivity contribution >= 4 is 11.6 Å². The molecular formula is C14H20N2O3. The van der Waals surface area contributed by atoms with Gasteiger partial charge in [-0.1, -0.05) is 13.0 Å². The average molecular weight is 264 g/mol. The van der Waals surface area contributed by atoms with Crippen LogP contribution < -0.4 is 10.6 Å². The number of phenolic OH excluding ortho intramolecular Hbond substituents is 1.